The molecule has 7 heteroatoms. The normalized spacial score (nSPS) is 23.7. The van der Waals surface area contributed by atoms with Gasteiger partial charge in [0.2, 0.25) is 0 Å². The number of carbonyl (C=O) groups excluding carboxylic acids is 3. The van der Waals surface area contributed by atoms with Gasteiger partial charge in [-0.3, -0.25) is 14.4 Å². The highest BCUT2D eigenvalue weighted by Crippen LogP contribution is 2.64. The molecule has 5 rings (SSSR count). The molecule has 0 radical (unpaired) electrons. The number of ether oxygens (including phenoxy) is 4. The fourth-order valence-electron chi connectivity index (χ4n) is 7.10. The standard InChI is InChI=1S/C30H34O7/c1-19(31)34-22-11-13-25(26(17-22)36-21(3)33)30-16-8-5-9-28(30)29(14-6-4-7-15-29)24-12-10-23(35-20(2)32)18-27(24)37-30/h10-13,17-18,28H,4-9,14-16H2,1-3H3/t28-,30-/m1/s1. The van der Waals surface area contributed by atoms with Crippen molar-refractivity contribution < 1.29 is 33.3 Å². The Morgan fingerprint density at radius 3 is 1.97 bits per heavy atom. The molecule has 2 aromatic carbocycles. The first-order valence-corrected chi connectivity index (χ1v) is 13.3. The van der Waals surface area contributed by atoms with Crippen molar-refractivity contribution in [3.63, 3.8) is 0 Å². The van der Waals surface area contributed by atoms with Crippen LogP contribution in [0.15, 0.2) is 36.4 Å². The van der Waals surface area contributed by atoms with E-state index in [1.165, 1.54) is 32.8 Å². The van der Waals surface area contributed by atoms with Crippen LogP contribution in [0, 0.1) is 5.92 Å². The number of hydrogen-bond acceptors (Lipinski definition) is 7. The number of esters is 3. The molecule has 0 unspecified atom stereocenters. The summed E-state index contributed by atoms with van der Waals surface area (Å²) < 4.78 is 23.5. The number of carbonyl (C=O) groups is 3. The van der Waals surface area contributed by atoms with Gasteiger partial charge in [0.05, 0.1) is 0 Å². The van der Waals surface area contributed by atoms with Crippen molar-refractivity contribution in [2.75, 3.05) is 0 Å². The lowest BCUT2D eigenvalue weighted by atomic mass is 9.51. The SMILES string of the molecule is CC(=O)Oc1ccc2c(c1)O[C@@]1(c3ccc(OC(C)=O)cc3OC(C)=O)CCCC[C@@H]1C21CCCCC1. The minimum absolute atomic E-state index is 0.0942. The largest absolute Gasteiger partial charge is 0.482 e. The first kappa shape index (κ1) is 25.3. The second-order valence-corrected chi connectivity index (χ2v) is 10.6. The summed E-state index contributed by atoms with van der Waals surface area (Å²) >= 11 is 0. The van der Waals surface area contributed by atoms with Crippen LogP contribution < -0.4 is 18.9 Å². The second kappa shape index (κ2) is 9.84. The van der Waals surface area contributed by atoms with Crippen LogP contribution in [0.3, 0.4) is 0 Å². The molecule has 0 aromatic heterocycles. The molecule has 196 valence electrons. The van der Waals surface area contributed by atoms with E-state index in [0.717, 1.165) is 62.7 Å². The van der Waals surface area contributed by atoms with E-state index in [0.29, 0.717) is 17.2 Å². The van der Waals surface area contributed by atoms with Crippen LogP contribution in [-0.4, -0.2) is 17.9 Å². The van der Waals surface area contributed by atoms with E-state index in [1.54, 1.807) is 12.1 Å². The Morgan fingerprint density at radius 1 is 0.730 bits per heavy atom. The summed E-state index contributed by atoms with van der Waals surface area (Å²) in [6.07, 6.45) is 9.42. The average Bonchev–Trinajstić information content (AvgIpc) is 2.83. The second-order valence-electron chi connectivity index (χ2n) is 10.6. The van der Waals surface area contributed by atoms with Crippen LogP contribution in [0.25, 0.3) is 0 Å². The number of benzene rings is 2. The van der Waals surface area contributed by atoms with Gasteiger partial charge in [0.1, 0.15) is 28.6 Å². The summed E-state index contributed by atoms with van der Waals surface area (Å²) in [5, 5.41) is 0. The lowest BCUT2D eigenvalue weighted by Gasteiger charge is -2.58. The van der Waals surface area contributed by atoms with E-state index in [9.17, 15) is 14.4 Å². The fraction of sp³-hybridized carbons (Fsp3) is 0.500. The van der Waals surface area contributed by atoms with Crippen LogP contribution in [0.5, 0.6) is 23.0 Å². The predicted octanol–water partition coefficient (Wildman–Crippen LogP) is 6.14. The molecule has 2 fully saturated rings. The third-order valence-corrected chi connectivity index (χ3v) is 8.23. The van der Waals surface area contributed by atoms with Crippen LogP contribution in [0.1, 0.15) is 89.7 Å². The summed E-state index contributed by atoms with van der Waals surface area (Å²) in [6.45, 7) is 4.09. The highest BCUT2D eigenvalue weighted by molar-refractivity contribution is 5.72. The number of rotatable bonds is 4. The summed E-state index contributed by atoms with van der Waals surface area (Å²) in [6, 6.07) is 11.0. The van der Waals surface area contributed by atoms with Crippen LogP contribution in [-0.2, 0) is 25.4 Å². The van der Waals surface area contributed by atoms with Crippen molar-refractivity contribution in [3.05, 3.63) is 47.5 Å². The van der Waals surface area contributed by atoms with Crippen molar-refractivity contribution in [2.45, 2.75) is 89.6 Å². The molecule has 2 saturated carbocycles. The Balaban J connectivity index is 1.71. The Hall–Kier alpha value is -3.35. The molecule has 1 spiro atoms. The molecule has 0 saturated heterocycles. The molecular weight excluding hydrogens is 472 g/mol. The van der Waals surface area contributed by atoms with Gasteiger partial charge in [0.15, 0.2) is 0 Å². The molecule has 37 heavy (non-hydrogen) atoms. The molecule has 0 bridgehead atoms. The van der Waals surface area contributed by atoms with E-state index in [4.69, 9.17) is 18.9 Å². The van der Waals surface area contributed by atoms with E-state index in [1.807, 2.05) is 18.2 Å². The van der Waals surface area contributed by atoms with E-state index in [2.05, 4.69) is 6.07 Å². The molecule has 1 heterocycles. The Kier molecular flexibility index (Phi) is 6.73. The first-order valence-electron chi connectivity index (χ1n) is 13.3. The number of hydrogen-bond donors (Lipinski definition) is 0. The van der Waals surface area contributed by atoms with E-state index >= 15 is 0 Å². The van der Waals surface area contributed by atoms with E-state index in [-0.39, 0.29) is 17.3 Å². The predicted molar refractivity (Wildman–Crippen MR) is 136 cm³/mol. The van der Waals surface area contributed by atoms with Crippen molar-refractivity contribution in [1.82, 2.24) is 0 Å². The maximum absolute atomic E-state index is 12.2. The molecule has 2 aromatic rings. The zero-order valence-corrected chi connectivity index (χ0v) is 21.8. The summed E-state index contributed by atoms with van der Waals surface area (Å²) in [5.74, 6) is 0.730. The minimum Gasteiger partial charge on any atom is -0.482 e. The molecule has 2 aliphatic carbocycles. The average molecular weight is 507 g/mol. The topological polar surface area (TPSA) is 88.1 Å². The van der Waals surface area contributed by atoms with Gasteiger partial charge in [0.25, 0.3) is 0 Å². The van der Waals surface area contributed by atoms with Crippen LogP contribution in [0.2, 0.25) is 0 Å². The van der Waals surface area contributed by atoms with Crippen molar-refractivity contribution in [3.8, 4) is 23.0 Å². The summed E-state index contributed by atoms with van der Waals surface area (Å²) in [7, 11) is 0. The molecule has 3 aliphatic rings. The highest BCUT2D eigenvalue weighted by atomic mass is 16.6. The molecule has 0 N–H and O–H groups in total. The van der Waals surface area contributed by atoms with Gasteiger partial charge in [-0.05, 0) is 50.3 Å². The third kappa shape index (κ3) is 4.60. The number of fused-ring (bicyclic) bond motifs is 4. The zero-order valence-electron chi connectivity index (χ0n) is 21.8. The van der Waals surface area contributed by atoms with Gasteiger partial charge < -0.3 is 18.9 Å². The molecule has 0 amide bonds. The molecule has 1 aliphatic heterocycles. The van der Waals surface area contributed by atoms with Crippen molar-refractivity contribution in [2.24, 2.45) is 5.92 Å². The van der Waals surface area contributed by atoms with Crippen molar-refractivity contribution in [1.29, 1.82) is 0 Å². The highest BCUT2D eigenvalue weighted by Gasteiger charge is 2.60. The van der Waals surface area contributed by atoms with Crippen molar-refractivity contribution >= 4 is 17.9 Å². The van der Waals surface area contributed by atoms with Crippen LogP contribution >= 0.6 is 0 Å². The third-order valence-electron chi connectivity index (χ3n) is 8.23. The Morgan fingerprint density at radius 2 is 1.32 bits per heavy atom. The quantitative estimate of drug-likeness (QED) is 0.363. The Labute approximate surface area is 217 Å². The summed E-state index contributed by atoms with van der Waals surface area (Å²) in [4.78, 5) is 35.5. The van der Waals surface area contributed by atoms with Gasteiger partial charge in [-0.15, -0.1) is 0 Å². The van der Waals surface area contributed by atoms with E-state index < -0.39 is 17.5 Å². The van der Waals surface area contributed by atoms with Gasteiger partial charge in [0, 0.05) is 55.4 Å². The first-order chi connectivity index (χ1) is 17.7. The fourth-order valence-corrected chi connectivity index (χ4v) is 7.10. The molecular formula is C30H34O7. The smallest absolute Gasteiger partial charge is 0.308 e. The monoisotopic (exact) mass is 506 g/mol. The van der Waals surface area contributed by atoms with Crippen LogP contribution in [0.4, 0.5) is 0 Å². The zero-order chi connectivity index (χ0) is 26.2. The molecule has 7 nitrogen and oxygen atoms in total. The lowest BCUT2D eigenvalue weighted by Crippen LogP contribution is -2.57. The lowest BCUT2D eigenvalue weighted by molar-refractivity contribution is -0.133. The van der Waals surface area contributed by atoms with Gasteiger partial charge in [-0.2, -0.15) is 0 Å². The summed E-state index contributed by atoms with van der Waals surface area (Å²) in [5.41, 5.74) is 1.13. The molecule has 2 atom stereocenters. The maximum atomic E-state index is 12.2. The van der Waals surface area contributed by atoms with Gasteiger partial charge >= 0.3 is 17.9 Å². The minimum atomic E-state index is -0.739. The maximum Gasteiger partial charge on any atom is 0.308 e. The Bertz CT molecular complexity index is 1230. The van der Waals surface area contributed by atoms with Gasteiger partial charge in [-0.1, -0.05) is 31.7 Å². The van der Waals surface area contributed by atoms with Gasteiger partial charge in [-0.25, -0.2) is 0 Å².